The summed E-state index contributed by atoms with van der Waals surface area (Å²) in [6.45, 7) is 3.31. The van der Waals surface area contributed by atoms with Gasteiger partial charge in [0, 0.05) is 24.4 Å². The first-order valence-electron chi connectivity index (χ1n) is 5.57. The van der Waals surface area contributed by atoms with Crippen molar-refractivity contribution in [1.82, 2.24) is 15.2 Å². The lowest BCUT2D eigenvalue weighted by atomic mass is 9.96. The minimum Gasteiger partial charge on any atom is -0.314 e. The van der Waals surface area contributed by atoms with E-state index in [1.165, 1.54) is 36.6 Å². The third kappa shape index (κ3) is 2.77. The Kier molecular flexibility index (Phi) is 3.72. The van der Waals surface area contributed by atoms with Gasteiger partial charge in [0.15, 0.2) is 0 Å². The molecule has 1 saturated heterocycles. The number of likely N-dealkylation sites (tertiary alicyclic amines) is 1. The van der Waals surface area contributed by atoms with Gasteiger partial charge in [0.05, 0.1) is 5.69 Å². The fraction of sp³-hybridized carbons (Fsp3) is 0.727. The molecule has 1 aromatic rings. The van der Waals surface area contributed by atoms with E-state index in [2.05, 4.69) is 27.6 Å². The van der Waals surface area contributed by atoms with E-state index in [4.69, 9.17) is 0 Å². The third-order valence-corrected chi connectivity index (χ3v) is 3.81. The average molecular weight is 225 g/mol. The van der Waals surface area contributed by atoms with Gasteiger partial charge in [-0.1, -0.05) is 0 Å². The van der Waals surface area contributed by atoms with Gasteiger partial charge in [-0.05, 0) is 33.5 Å². The molecule has 1 fully saturated rings. The Morgan fingerprint density at radius 3 is 3.27 bits per heavy atom. The van der Waals surface area contributed by atoms with E-state index in [-0.39, 0.29) is 0 Å². The van der Waals surface area contributed by atoms with Gasteiger partial charge >= 0.3 is 0 Å². The Morgan fingerprint density at radius 1 is 1.67 bits per heavy atom. The van der Waals surface area contributed by atoms with Gasteiger partial charge in [-0.2, -0.15) is 0 Å². The molecule has 1 aromatic heterocycles. The molecule has 1 unspecified atom stereocenters. The number of thiazole rings is 1. The fourth-order valence-electron chi connectivity index (χ4n) is 2.15. The van der Waals surface area contributed by atoms with E-state index in [0.29, 0.717) is 5.92 Å². The molecule has 2 heterocycles. The fourth-order valence-corrected chi connectivity index (χ4v) is 3.04. The van der Waals surface area contributed by atoms with Crippen molar-refractivity contribution in [3.63, 3.8) is 0 Å². The molecular formula is C11H19N3S. The topological polar surface area (TPSA) is 28.2 Å². The normalized spacial score (nSPS) is 23.2. The lowest BCUT2D eigenvalue weighted by Crippen LogP contribution is -2.30. The van der Waals surface area contributed by atoms with Crippen LogP contribution in [0.3, 0.4) is 0 Å². The van der Waals surface area contributed by atoms with Gasteiger partial charge in [-0.3, -0.25) is 0 Å². The molecule has 0 saturated carbocycles. The Labute approximate surface area is 95.5 Å². The van der Waals surface area contributed by atoms with Crippen LogP contribution < -0.4 is 5.32 Å². The van der Waals surface area contributed by atoms with Crippen molar-refractivity contribution in [2.24, 2.45) is 0 Å². The molecule has 84 valence electrons. The highest BCUT2D eigenvalue weighted by molar-refractivity contribution is 7.09. The number of nitrogens with one attached hydrogen (secondary N) is 1. The summed E-state index contributed by atoms with van der Waals surface area (Å²) in [6.07, 6.45) is 2.60. The molecule has 1 N–H and O–H groups in total. The van der Waals surface area contributed by atoms with Crippen LogP contribution in [0.1, 0.15) is 29.5 Å². The van der Waals surface area contributed by atoms with E-state index in [1.54, 1.807) is 11.3 Å². The van der Waals surface area contributed by atoms with E-state index >= 15 is 0 Å². The Hall–Kier alpha value is -0.450. The van der Waals surface area contributed by atoms with Crippen LogP contribution in [0, 0.1) is 0 Å². The number of hydrogen-bond donors (Lipinski definition) is 1. The van der Waals surface area contributed by atoms with Crippen molar-refractivity contribution in [2.45, 2.75) is 25.3 Å². The van der Waals surface area contributed by atoms with Crippen molar-refractivity contribution >= 4 is 11.3 Å². The largest absolute Gasteiger partial charge is 0.314 e. The van der Waals surface area contributed by atoms with Crippen molar-refractivity contribution in [1.29, 1.82) is 0 Å². The molecule has 15 heavy (non-hydrogen) atoms. The second kappa shape index (κ2) is 5.05. The maximum Gasteiger partial charge on any atom is 0.107 e. The molecule has 1 atom stereocenters. The Balaban J connectivity index is 2.01. The second-order valence-corrected chi connectivity index (χ2v) is 5.24. The minimum absolute atomic E-state index is 0.658. The molecule has 0 radical (unpaired) electrons. The summed E-state index contributed by atoms with van der Waals surface area (Å²) in [5, 5.41) is 6.59. The summed E-state index contributed by atoms with van der Waals surface area (Å²) >= 11 is 1.78. The molecule has 1 aliphatic rings. The molecule has 0 aromatic carbocycles. The molecular weight excluding hydrogens is 206 g/mol. The van der Waals surface area contributed by atoms with Crippen LogP contribution in [0.5, 0.6) is 0 Å². The van der Waals surface area contributed by atoms with Crippen LogP contribution in [0.15, 0.2) is 5.38 Å². The van der Waals surface area contributed by atoms with Gasteiger partial charge in [0.1, 0.15) is 5.01 Å². The molecule has 0 aliphatic carbocycles. The predicted octanol–water partition coefficient (Wildman–Crippen LogP) is 1.67. The first-order valence-corrected chi connectivity index (χ1v) is 6.45. The summed E-state index contributed by atoms with van der Waals surface area (Å²) in [7, 11) is 4.17. The summed E-state index contributed by atoms with van der Waals surface area (Å²) in [5.41, 5.74) is 1.30. The van der Waals surface area contributed by atoms with Crippen LogP contribution in [0.4, 0.5) is 0 Å². The van der Waals surface area contributed by atoms with Gasteiger partial charge in [0.25, 0.3) is 0 Å². The maximum atomic E-state index is 4.69. The molecule has 2 rings (SSSR count). The van der Waals surface area contributed by atoms with Gasteiger partial charge in [-0.25, -0.2) is 4.98 Å². The zero-order chi connectivity index (χ0) is 10.7. The van der Waals surface area contributed by atoms with Gasteiger partial charge in [-0.15, -0.1) is 11.3 Å². The molecule has 0 amide bonds. The van der Waals surface area contributed by atoms with E-state index in [0.717, 1.165) is 6.54 Å². The van der Waals surface area contributed by atoms with Crippen molar-refractivity contribution in [3.8, 4) is 0 Å². The van der Waals surface area contributed by atoms with Gasteiger partial charge < -0.3 is 10.2 Å². The first kappa shape index (κ1) is 11.0. The van der Waals surface area contributed by atoms with Crippen LogP contribution in [0.25, 0.3) is 0 Å². The highest BCUT2D eigenvalue weighted by Gasteiger charge is 2.20. The minimum atomic E-state index is 0.658. The Bertz CT molecular complexity index is 311. The highest BCUT2D eigenvalue weighted by Crippen LogP contribution is 2.27. The lowest BCUT2D eigenvalue weighted by molar-refractivity contribution is 0.249. The zero-order valence-corrected chi connectivity index (χ0v) is 10.3. The SMILES string of the molecule is CNCc1nc(C2CCCN(C)C2)cs1. The number of piperidine rings is 1. The Morgan fingerprint density at radius 2 is 2.53 bits per heavy atom. The molecule has 4 heteroatoms. The van der Waals surface area contributed by atoms with Crippen LogP contribution >= 0.6 is 11.3 Å². The lowest BCUT2D eigenvalue weighted by Gasteiger charge is -2.28. The van der Waals surface area contributed by atoms with Crippen molar-refractivity contribution < 1.29 is 0 Å². The number of likely N-dealkylation sites (N-methyl/N-ethyl adjacent to an activating group) is 1. The summed E-state index contributed by atoms with van der Waals surface area (Å²) in [4.78, 5) is 7.10. The zero-order valence-electron chi connectivity index (χ0n) is 9.49. The van der Waals surface area contributed by atoms with E-state index in [1.807, 2.05) is 7.05 Å². The smallest absolute Gasteiger partial charge is 0.107 e. The third-order valence-electron chi connectivity index (χ3n) is 2.94. The first-order chi connectivity index (χ1) is 7.29. The number of nitrogens with zero attached hydrogens (tertiary/aromatic N) is 2. The molecule has 1 aliphatic heterocycles. The number of aromatic nitrogens is 1. The second-order valence-electron chi connectivity index (χ2n) is 4.30. The monoisotopic (exact) mass is 225 g/mol. The number of rotatable bonds is 3. The van der Waals surface area contributed by atoms with Crippen LogP contribution in [-0.4, -0.2) is 37.1 Å². The summed E-state index contributed by atoms with van der Waals surface area (Å²) < 4.78 is 0. The van der Waals surface area contributed by atoms with Crippen molar-refractivity contribution in [2.75, 3.05) is 27.2 Å². The van der Waals surface area contributed by atoms with Crippen molar-refractivity contribution in [3.05, 3.63) is 16.1 Å². The summed E-state index contributed by atoms with van der Waals surface area (Å²) in [6, 6.07) is 0. The van der Waals surface area contributed by atoms with Gasteiger partial charge in [0.2, 0.25) is 0 Å². The quantitative estimate of drug-likeness (QED) is 0.848. The highest BCUT2D eigenvalue weighted by atomic mass is 32.1. The predicted molar refractivity (Wildman–Crippen MR) is 64.3 cm³/mol. The van der Waals surface area contributed by atoms with Crippen LogP contribution in [0.2, 0.25) is 0 Å². The molecule has 0 spiro atoms. The number of hydrogen-bond acceptors (Lipinski definition) is 4. The molecule has 3 nitrogen and oxygen atoms in total. The standard InChI is InChI=1S/C11H19N3S/c1-12-6-11-13-10(8-15-11)9-4-3-5-14(2)7-9/h8-9,12H,3-7H2,1-2H3. The average Bonchev–Trinajstić information content (AvgIpc) is 2.67. The van der Waals surface area contributed by atoms with E-state index in [9.17, 15) is 0 Å². The maximum absolute atomic E-state index is 4.69. The molecule has 0 bridgehead atoms. The van der Waals surface area contributed by atoms with E-state index < -0.39 is 0 Å². The summed E-state index contributed by atoms with van der Waals surface area (Å²) in [5.74, 6) is 0.658. The van der Waals surface area contributed by atoms with Crippen LogP contribution in [-0.2, 0) is 6.54 Å².